The molecule has 0 aliphatic rings. The zero-order chi connectivity index (χ0) is 7.28. The van der Waals surface area contributed by atoms with Gasteiger partial charge in [-0.1, -0.05) is 0 Å². The Kier molecular flexibility index (Phi) is 3.51. The van der Waals surface area contributed by atoms with Crippen molar-refractivity contribution in [3.63, 3.8) is 0 Å². The molecule has 0 saturated carbocycles. The van der Waals surface area contributed by atoms with Gasteiger partial charge in [0.1, 0.15) is 0 Å². The Balaban J connectivity index is 3.39. The Labute approximate surface area is 54.0 Å². The van der Waals surface area contributed by atoms with E-state index in [4.69, 9.17) is 0 Å². The Morgan fingerprint density at radius 1 is 1.56 bits per heavy atom. The van der Waals surface area contributed by atoms with Crippen molar-refractivity contribution >= 4 is 11.8 Å². The molecule has 0 spiro atoms. The van der Waals surface area contributed by atoms with Gasteiger partial charge in [-0.15, -0.1) is 0 Å². The Morgan fingerprint density at radius 3 is 2.44 bits per heavy atom. The topological polar surface area (TPSA) is 43.4 Å². The molecule has 0 rings (SSSR count). The minimum Gasteiger partial charge on any atom is -0.430 e. The van der Waals surface area contributed by atoms with Crippen molar-refractivity contribution in [1.82, 2.24) is 0 Å². The molecule has 0 atom stereocenters. The number of hydrogen-bond acceptors (Lipinski definition) is 3. The Morgan fingerprint density at radius 2 is 2.11 bits per heavy atom. The van der Waals surface area contributed by atoms with Crippen LogP contribution in [0.3, 0.4) is 0 Å². The van der Waals surface area contributed by atoms with Crippen LogP contribution >= 0.6 is 0 Å². The first kappa shape index (κ1) is 8.01. The quantitative estimate of drug-likeness (QED) is 0.313. The van der Waals surface area contributed by atoms with Crippen molar-refractivity contribution in [2.45, 2.75) is 13.8 Å². The molecule has 9 heavy (non-hydrogen) atoms. The van der Waals surface area contributed by atoms with Crippen molar-refractivity contribution in [3.8, 4) is 0 Å². The second kappa shape index (κ2) is 3.95. The SMILES string of the molecule is CCOC(=O)[CH+]C(C)=O. The maximum atomic E-state index is 10.4. The van der Waals surface area contributed by atoms with Crippen LogP contribution in [0.1, 0.15) is 13.8 Å². The van der Waals surface area contributed by atoms with Gasteiger partial charge in [-0.25, -0.2) is 4.79 Å². The smallest absolute Gasteiger partial charge is 0.430 e. The third kappa shape index (κ3) is 4.87. The molecule has 50 valence electrons. The number of ketones is 1. The number of ether oxygens (including phenoxy) is 1. The first-order valence-electron chi connectivity index (χ1n) is 2.69. The number of carbonyl (C=O) groups excluding carboxylic acids is 2. The third-order valence-electron chi connectivity index (χ3n) is 0.608. The maximum absolute atomic E-state index is 10.4. The van der Waals surface area contributed by atoms with Crippen LogP contribution in [0.2, 0.25) is 0 Å². The largest absolute Gasteiger partial charge is 0.505 e. The average molecular weight is 129 g/mol. The van der Waals surface area contributed by atoms with E-state index in [0.717, 1.165) is 6.42 Å². The van der Waals surface area contributed by atoms with Crippen LogP contribution in [-0.2, 0) is 14.3 Å². The van der Waals surface area contributed by atoms with E-state index in [0.29, 0.717) is 6.61 Å². The number of carbonyl (C=O) groups is 2. The molecule has 0 radical (unpaired) electrons. The third-order valence-corrected chi connectivity index (χ3v) is 0.608. The second-order valence-corrected chi connectivity index (χ2v) is 1.51. The fourth-order valence-corrected chi connectivity index (χ4v) is 0.350. The van der Waals surface area contributed by atoms with Crippen LogP contribution in [0.4, 0.5) is 0 Å². The van der Waals surface area contributed by atoms with E-state index in [-0.39, 0.29) is 5.78 Å². The minimum atomic E-state index is -0.565. The van der Waals surface area contributed by atoms with Crippen LogP contribution in [0, 0.1) is 6.42 Å². The van der Waals surface area contributed by atoms with E-state index < -0.39 is 5.97 Å². The van der Waals surface area contributed by atoms with Gasteiger partial charge in [-0.05, 0) is 6.92 Å². The molecule has 0 unspecified atom stereocenters. The van der Waals surface area contributed by atoms with Gasteiger partial charge >= 0.3 is 11.8 Å². The van der Waals surface area contributed by atoms with E-state index >= 15 is 0 Å². The molecular formula is C6H9O3+. The van der Waals surface area contributed by atoms with Crippen molar-refractivity contribution in [2.75, 3.05) is 6.61 Å². The first-order chi connectivity index (χ1) is 4.16. The molecule has 0 aliphatic carbocycles. The van der Waals surface area contributed by atoms with Gasteiger partial charge in [0.25, 0.3) is 6.42 Å². The highest BCUT2D eigenvalue weighted by Gasteiger charge is 2.17. The summed E-state index contributed by atoms with van der Waals surface area (Å²) in [6.45, 7) is 3.30. The van der Waals surface area contributed by atoms with E-state index in [1.54, 1.807) is 6.92 Å². The normalized spacial score (nSPS) is 8.22. The van der Waals surface area contributed by atoms with Gasteiger partial charge in [0, 0.05) is 6.92 Å². The monoisotopic (exact) mass is 129 g/mol. The molecular weight excluding hydrogens is 120 g/mol. The van der Waals surface area contributed by atoms with Gasteiger partial charge in [0.15, 0.2) is 0 Å². The van der Waals surface area contributed by atoms with Gasteiger partial charge in [0.05, 0.1) is 6.61 Å². The summed E-state index contributed by atoms with van der Waals surface area (Å²) >= 11 is 0. The molecule has 0 bridgehead atoms. The van der Waals surface area contributed by atoms with Gasteiger partial charge < -0.3 is 4.74 Å². The Bertz CT molecular complexity index is 117. The summed E-state index contributed by atoms with van der Waals surface area (Å²) in [7, 11) is 0. The maximum Gasteiger partial charge on any atom is 0.505 e. The Hall–Kier alpha value is -0.990. The van der Waals surface area contributed by atoms with Crippen molar-refractivity contribution in [1.29, 1.82) is 0 Å². The highest BCUT2D eigenvalue weighted by atomic mass is 16.5. The van der Waals surface area contributed by atoms with Gasteiger partial charge in [-0.2, -0.15) is 4.79 Å². The summed E-state index contributed by atoms with van der Waals surface area (Å²) in [5.74, 6) is -0.849. The molecule has 0 saturated heterocycles. The number of hydrogen-bond donors (Lipinski definition) is 0. The molecule has 0 N–H and O–H groups in total. The zero-order valence-electron chi connectivity index (χ0n) is 5.51. The molecule has 3 heteroatoms. The standard InChI is InChI=1S/C6H9O3/c1-3-9-6(8)4-5(2)7/h4H,3H2,1-2H3/q+1. The number of Topliss-reactive ketones (excluding diaryl/α,β-unsaturated/α-hetero) is 1. The van der Waals surface area contributed by atoms with Crippen molar-refractivity contribution in [3.05, 3.63) is 6.42 Å². The number of esters is 1. The molecule has 0 aromatic heterocycles. The van der Waals surface area contributed by atoms with Crippen LogP contribution in [0.25, 0.3) is 0 Å². The van der Waals surface area contributed by atoms with E-state index in [1.807, 2.05) is 0 Å². The van der Waals surface area contributed by atoms with Gasteiger partial charge in [0.2, 0.25) is 0 Å². The molecule has 0 amide bonds. The van der Waals surface area contributed by atoms with Crippen LogP contribution in [0.15, 0.2) is 0 Å². The summed E-state index contributed by atoms with van der Waals surface area (Å²) in [5.41, 5.74) is 0. The fourth-order valence-electron chi connectivity index (χ4n) is 0.350. The lowest BCUT2D eigenvalue weighted by Gasteiger charge is -1.87. The van der Waals surface area contributed by atoms with Crippen molar-refractivity contribution in [2.24, 2.45) is 0 Å². The van der Waals surface area contributed by atoms with Crippen LogP contribution in [-0.4, -0.2) is 18.4 Å². The predicted molar refractivity (Wildman–Crippen MR) is 31.6 cm³/mol. The summed E-state index contributed by atoms with van der Waals surface area (Å²) in [5, 5.41) is 0. The highest BCUT2D eigenvalue weighted by Crippen LogP contribution is 1.84. The molecule has 3 nitrogen and oxygen atoms in total. The van der Waals surface area contributed by atoms with Crippen LogP contribution < -0.4 is 0 Å². The summed E-state index contributed by atoms with van der Waals surface area (Å²) in [6.07, 6.45) is 0.920. The zero-order valence-corrected chi connectivity index (χ0v) is 5.51. The summed E-state index contributed by atoms with van der Waals surface area (Å²) < 4.78 is 4.44. The lowest BCUT2D eigenvalue weighted by Crippen LogP contribution is -2.09. The van der Waals surface area contributed by atoms with E-state index in [2.05, 4.69) is 4.74 Å². The molecule has 0 aromatic rings. The second-order valence-electron chi connectivity index (χ2n) is 1.51. The highest BCUT2D eigenvalue weighted by molar-refractivity contribution is 6.05. The summed E-state index contributed by atoms with van der Waals surface area (Å²) in [6, 6.07) is 0. The van der Waals surface area contributed by atoms with E-state index in [9.17, 15) is 9.59 Å². The molecule has 0 aliphatic heterocycles. The fraction of sp³-hybridized carbons (Fsp3) is 0.500. The first-order valence-corrected chi connectivity index (χ1v) is 2.69. The number of rotatable bonds is 3. The summed E-state index contributed by atoms with van der Waals surface area (Å²) in [4.78, 5) is 20.5. The van der Waals surface area contributed by atoms with E-state index in [1.165, 1.54) is 6.92 Å². The lowest BCUT2D eigenvalue weighted by molar-refractivity contribution is -0.140. The van der Waals surface area contributed by atoms with Gasteiger partial charge in [-0.3, -0.25) is 0 Å². The molecule has 0 heterocycles. The van der Waals surface area contributed by atoms with Crippen molar-refractivity contribution < 1.29 is 14.3 Å². The minimum absolute atomic E-state index is 0.284. The lowest BCUT2D eigenvalue weighted by atomic mass is 10.3. The molecule has 0 fully saturated rings. The average Bonchev–Trinajstić information content (AvgIpc) is 1.63. The predicted octanol–water partition coefficient (Wildman–Crippen LogP) is 0.343. The van der Waals surface area contributed by atoms with Crippen LogP contribution in [0.5, 0.6) is 0 Å². The molecule has 0 aromatic carbocycles.